The van der Waals surface area contributed by atoms with Crippen molar-refractivity contribution in [3.05, 3.63) is 41.7 Å². The Bertz CT molecular complexity index is 1020. The highest BCUT2D eigenvalue weighted by molar-refractivity contribution is 5.91. The van der Waals surface area contributed by atoms with Gasteiger partial charge < -0.3 is 19.3 Å². The minimum absolute atomic E-state index is 0.0432. The van der Waals surface area contributed by atoms with Crippen molar-refractivity contribution in [2.24, 2.45) is 0 Å². The summed E-state index contributed by atoms with van der Waals surface area (Å²) in [4.78, 5) is 46.3. The van der Waals surface area contributed by atoms with Crippen LogP contribution in [0, 0.1) is 0 Å². The van der Waals surface area contributed by atoms with Gasteiger partial charge in [0.1, 0.15) is 5.60 Å². The van der Waals surface area contributed by atoms with Crippen LogP contribution >= 0.6 is 0 Å². The molecule has 1 amide bonds. The first-order valence-corrected chi connectivity index (χ1v) is 10.1. The molecule has 0 saturated carbocycles. The average Bonchev–Trinajstić information content (AvgIpc) is 3.19. The van der Waals surface area contributed by atoms with Gasteiger partial charge in [0, 0.05) is 13.5 Å². The zero-order valence-corrected chi connectivity index (χ0v) is 18.3. The summed E-state index contributed by atoms with van der Waals surface area (Å²) in [5.41, 5.74) is -0.470. The fourth-order valence-electron chi connectivity index (χ4n) is 3.18. The predicted molar refractivity (Wildman–Crippen MR) is 111 cm³/mol. The third-order valence-corrected chi connectivity index (χ3v) is 4.46. The van der Waals surface area contributed by atoms with Gasteiger partial charge in [-0.1, -0.05) is 18.2 Å². The van der Waals surface area contributed by atoms with E-state index in [1.54, 1.807) is 39.0 Å². The Morgan fingerprint density at radius 2 is 1.78 bits per heavy atom. The molecule has 170 valence electrons. The number of benzene rings is 1. The second-order valence-electron chi connectivity index (χ2n) is 8.22. The Labute approximate surface area is 185 Å². The fourth-order valence-corrected chi connectivity index (χ4v) is 3.18. The lowest BCUT2D eigenvalue weighted by Gasteiger charge is -2.28. The van der Waals surface area contributed by atoms with Crippen LogP contribution in [0.25, 0.3) is 0 Å². The number of hydrogen-bond donors (Lipinski definition) is 1. The van der Waals surface area contributed by atoms with Crippen molar-refractivity contribution in [2.45, 2.75) is 52.2 Å². The molecule has 10 heteroatoms. The van der Waals surface area contributed by atoms with Gasteiger partial charge in [0.15, 0.2) is 5.82 Å². The van der Waals surface area contributed by atoms with Gasteiger partial charge in [-0.2, -0.15) is 9.97 Å². The molecular formula is C22H25N3O7. The van der Waals surface area contributed by atoms with Crippen molar-refractivity contribution in [1.29, 1.82) is 0 Å². The molecule has 0 bridgehead atoms. The number of aromatic hydroxyl groups is 1. The van der Waals surface area contributed by atoms with Gasteiger partial charge in [0.05, 0.1) is 11.6 Å². The van der Waals surface area contributed by atoms with Gasteiger partial charge in [-0.3, -0.25) is 9.69 Å². The van der Waals surface area contributed by atoms with Gasteiger partial charge in [0.25, 0.3) is 17.5 Å². The second-order valence-corrected chi connectivity index (χ2v) is 8.22. The van der Waals surface area contributed by atoms with E-state index in [1.807, 2.05) is 0 Å². The van der Waals surface area contributed by atoms with Gasteiger partial charge >= 0.3 is 18.0 Å². The normalized spacial score (nSPS) is 15.9. The molecule has 1 aromatic carbocycles. The smallest absolute Gasteiger partial charge is 0.410 e. The van der Waals surface area contributed by atoms with Crippen LogP contribution in [0.5, 0.6) is 17.5 Å². The standard InChI is InChI=1S/C22H25N3O7/c1-13(26)30-19-16(31-20(28)14-9-6-5-7-10-14)18(27)23-17(24-19)15-11-8-12-25(15)21(29)32-22(2,3)4/h5-7,9-10,15H,8,11-12H2,1-4H3,(H,23,24,27). The predicted octanol–water partition coefficient (Wildman–Crippen LogP) is 3.40. The topological polar surface area (TPSA) is 128 Å². The van der Waals surface area contributed by atoms with E-state index in [2.05, 4.69) is 9.97 Å². The Hall–Kier alpha value is -3.69. The van der Waals surface area contributed by atoms with E-state index in [-0.39, 0.29) is 11.4 Å². The molecule has 1 saturated heterocycles. The zero-order chi connectivity index (χ0) is 23.5. The molecule has 1 aromatic heterocycles. The lowest BCUT2D eigenvalue weighted by molar-refractivity contribution is -0.132. The number of amides is 1. The van der Waals surface area contributed by atoms with Crippen molar-refractivity contribution in [2.75, 3.05) is 6.54 Å². The number of nitrogens with zero attached hydrogens (tertiary/aromatic N) is 3. The number of aromatic nitrogens is 2. The molecule has 3 rings (SSSR count). The molecule has 1 N–H and O–H groups in total. The van der Waals surface area contributed by atoms with Crippen LogP contribution in [0.15, 0.2) is 30.3 Å². The first-order chi connectivity index (χ1) is 15.0. The summed E-state index contributed by atoms with van der Waals surface area (Å²) in [5.74, 6) is -3.07. The first-order valence-electron chi connectivity index (χ1n) is 10.1. The highest BCUT2D eigenvalue weighted by atomic mass is 16.6. The Morgan fingerprint density at radius 3 is 2.41 bits per heavy atom. The Morgan fingerprint density at radius 1 is 1.09 bits per heavy atom. The third-order valence-electron chi connectivity index (χ3n) is 4.46. The molecule has 0 radical (unpaired) electrons. The number of esters is 2. The van der Waals surface area contributed by atoms with E-state index >= 15 is 0 Å². The fraction of sp³-hybridized carbons (Fsp3) is 0.409. The van der Waals surface area contributed by atoms with Crippen molar-refractivity contribution < 1.29 is 33.7 Å². The third kappa shape index (κ3) is 5.51. The summed E-state index contributed by atoms with van der Waals surface area (Å²) < 4.78 is 15.7. The molecule has 1 aliphatic rings. The summed E-state index contributed by atoms with van der Waals surface area (Å²) in [6.45, 7) is 6.83. The van der Waals surface area contributed by atoms with Crippen molar-refractivity contribution in [1.82, 2.24) is 14.9 Å². The number of carbonyl (C=O) groups is 3. The van der Waals surface area contributed by atoms with E-state index in [4.69, 9.17) is 14.2 Å². The van der Waals surface area contributed by atoms with E-state index < -0.39 is 47.2 Å². The van der Waals surface area contributed by atoms with Gasteiger partial charge in [-0.05, 0) is 45.7 Å². The number of hydrogen-bond acceptors (Lipinski definition) is 9. The quantitative estimate of drug-likeness (QED) is 0.707. The van der Waals surface area contributed by atoms with Gasteiger partial charge in [-0.25, -0.2) is 9.59 Å². The molecule has 10 nitrogen and oxygen atoms in total. The molecule has 32 heavy (non-hydrogen) atoms. The Kier molecular flexibility index (Phi) is 6.61. The lowest BCUT2D eigenvalue weighted by atomic mass is 10.2. The molecule has 1 atom stereocenters. The molecule has 2 aromatic rings. The summed E-state index contributed by atoms with van der Waals surface area (Å²) in [7, 11) is 0. The highest BCUT2D eigenvalue weighted by Gasteiger charge is 2.36. The van der Waals surface area contributed by atoms with Gasteiger partial charge in [-0.15, -0.1) is 0 Å². The molecule has 1 aliphatic heterocycles. The summed E-state index contributed by atoms with van der Waals surface area (Å²) in [6, 6.07) is 7.47. The molecule has 1 fully saturated rings. The maximum absolute atomic E-state index is 12.6. The van der Waals surface area contributed by atoms with Crippen molar-refractivity contribution in [3.8, 4) is 17.5 Å². The van der Waals surface area contributed by atoms with E-state index in [9.17, 15) is 19.5 Å². The summed E-state index contributed by atoms with van der Waals surface area (Å²) in [5, 5.41) is 10.5. The second kappa shape index (κ2) is 9.21. The van der Waals surface area contributed by atoms with Crippen molar-refractivity contribution in [3.63, 3.8) is 0 Å². The molecular weight excluding hydrogens is 418 g/mol. The number of likely N-dealkylation sites (tertiary alicyclic amines) is 1. The van der Waals surface area contributed by atoms with Crippen LogP contribution < -0.4 is 9.47 Å². The van der Waals surface area contributed by atoms with Gasteiger partial charge in [0.2, 0.25) is 0 Å². The average molecular weight is 443 g/mol. The lowest BCUT2D eigenvalue weighted by Crippen LogP contribution is -2.37. The SMILES string of the molecule is CC(=O)Oc1nc(C2CCCN2C(=O)OC(C)(C)C)nc(O)c1OC(=O)c1ccccc1. The van der Waals surface area contributed by atoms with Crippen LogP contribution in [-0.2, 0) is 9.53 Å². The van der Waals surface area contributed by atoms with E-state index in [1.165, 1.54) is 17.0 Å². The maximum Gasteiger partial charge on any atom is 0.410 e. The minimum atomic E-state index is -0.790. The molecule has 1 unspecified atom stereocenters. The van der Waals surface area contributed by atoms with Crippen LogP contribution in [0.1, 0.15) is 62.8 Å². The van der Waals surface area contributed by atoms with Crippen LogP contribution in [0.4, 0.5) is 4.79 Å². The maximum atomic E-state index is 12.6. The Balaban J connectivity index is 1.93. The largest absolute Gasteiger partial charge is 0.490 e. The summed E-state index contributed by atoms with van der Waals surface area (Å²) in [6.07, 6.45) is 0.639. The minimum Gasteiger partial charge on any atom is -0.490 e. The zero-order valence-electron chi connectivity index (χ0n) is 18.3. The first kappa shape index (κ1) is 23.0. The van der Waals surface area contributed by atoms with Crippen LogP contribution in [0.2, 0.25) is 0 Å². The number of carbonyl (C=O) groups excluding carboxylic acids is 3. The molecule has 0 spiro atoms. The highest BCUT2D eigenvalue weighted by Crippen LogP contribution is 2.39. The number of ether oxygens (including phenoxy) is 3. The summed E-state index contributed by atoms with van der Waals surface area (Å²) >= 11 is 0. The van der Waals surface area contributed by atoms with E-state index in [0.717, 1.165) is 6.92 Å². The van der Waals surface area contributed by atoms with Crippen LogP contribution in [-0.4, -0.2) is 50.2 Å². The van der Waals surface area contributed by atoms with Crippen LogP contribution in [0.3, 0.4) is 0 Å². The monoisotopic (exact) mass is 443 g/mol. The van der Waals surface area contributed by atoms with E-state index in [0.29, 0.717) is 19.4 Å². The number of rotatable bonds is 4. The molecule has 0 aliphatic carbocycles. The molecule has 2 heterocycles. The van der Waals surface area contributed by atoms with Crippen molar-refractivity contribution >= 4 is 18.0 Å².